The molecule has 0 aromatic rings. The molecule has 0 aromatic heterocycles. The number of hydrogen-bond donors (Lipinski definition) is 0. The monoisotopic (exact) mass is 522 g/mol. The SMILES string of the molecule is CCCCCCCCCCCCCCCCCCN(C=O)CCCCCCCCCCCCCCCC. The van der Waals surface area contributed by atoms with Gasteiger partial charge in [-0.15, -0.1) is 0 Å². The van der Waals surface area contributed by atoms with Gasteiger partial charge in [-0.05, 0) is 12.8 Å². The van der Waals surface area contributed by atoms with Crippen LogP contribution in [0.1, 0.15) is 206 Å². The summed E-state index contributed by atoms with van der Waals surface area (Å²) in [6, 6.07) is 0. The van der Waals surface area contributed by atoms with Crippen molar-refractivity contribution in [3.8, 4) is 0 Å². The Kier molecular flexibility index (Phi) is 33.0. The first-order valence-corrected chi connectivity index (χ1v) is 17.5. The Hall–Kier alpha value is -0.530. The fourth-order valence-electron chi connectivity index (χ4n) is 5.59. The fourth-order valence-corrected chi connectivity index (χ4v) is 5.59. The maximum absolute atomic E-state index is 11.4. The lowest BCUT2D eigenvalue weighted by atomic mass is 10.0. The molecule has 0 aliphatic carbocycles. The molecule has 2 heteroatoms. The molecule has 0 atom stereocenters. The molecule has 0 bridgehead atoms. The summed E-state index contributed by atoms with van der Waals surface area (Å²) in [6.45, 7) is 6.53. The summed E-state index contributed by atoms with van der Waals surface area (Å²) in [6.07, 6.45) is 43.0. The van der Waals surface area contributed by atoms with Crippen molar-refractivity contribution in [3.63, 3.8) is 0 Å². The van der Waals surface area contributed by atoms with Crippen molar-refractivity contribution in [1.29, 1.82) is 0 Å². The van der Waals surface area contributed by atoms with E-state index in [1.807, 2.05) is 4.90 Å². The summed E-state index contributed by atoms with van der Waals surface area (Å²) < 4.78 is 0. The number of nitrogens with zero attached hydrogens (tertiary/aromatic N) is 1. The molecule has 0 rings (SSSR count). The van der Waals surface area contributed by atoms with Gasteiger partial charge in [-0.3, -0.25) is 4.79 Å². The first kappa shape index (κ1) is 36.5. The first-order chi connectivity index (χ1) is 18.3. The highest BCUT2D eigenvalue weighted by atomic mass is 16.1. The molecule has 37 heavy (non-hydrogen) atoms. The Morgan fingerprint density at radius 3 is 0.703 bits per heavy atom. The summed E-state index contributed by atoms with van der Waals surface area (Å²) in [5.41, 5.74) is 0. The van der Waals surface area contributed by atoms with Crippen molar-refractivity contribution in [2.24, 2.45) is 0 Å². The van der Waals surface area contributed by atoms with E-state index < -0.39 is 0 Å². The molecule has 0 spiro atoms. The number of carbonyl (C=O) groups excluding carboxylic acids is 1. The van der Waals surface area contributed by atoms with E-state index in [9.17, 15) is 4.79 Å². The average molecular weight is 522 g/mol. The molecule has 0 unspecified atom stereocenters. The topological polar surface area (TPSA) is 20.3 Å². The fraction of sp³-hybridized carbons (Fsp3) is 0.971. The second kappa shape index (κ2) is 33.5. The van der Waals surface area contributed by atoms with Crippen LogP contribution in [0.25, 0.3) is 0 Å². The van der Waals surface area contributed by atoms with Crippen molar-refractivity contribution < 1.29 is 4.79 Å². The Bertz CT molecular complexity index is 410. The second-order valence-electron chi connectivity index (χ2n) is 12.0. The van der Waals surface area contributed by atoms with Crippen LogP contribution in [-0.4, -0.2) is 24.4 Å². The molecule has 0 heterocycles. The van der Waals surface area contributed by atoms with Gasteiger partial charge in [0.1, 0.15) is 0 Å². The van der Waals surface area contributed by atoms with Crippen LogP contribution >= 0.6 is 0 Å². The van der Waals surface area contributed by atoms with Crippen molar-refractivity contribution in [2.45, 2.75) is 206 Å². The van der Waals surface area contributed by atoms with E-state index in [4.69, 9.17) is 0 Å². The maximum atomic E-state index is 11.4. The van der Waals surface area contributed by atoms with Crippen LogP contribution in [0.15, 0.2) is 0 Å². The van der Waals surface area contributed by atoms with Gasteiger partial charge in [0.05, 0.1) is 0 Å². The van der Waals surface area contributed by atoms with E-state index in [1.54, 1.807) is 0 Å². The van der Waals surface area contributed by atoms with Crippen molar-refractivity contribution in [3.05, 3.63) is 0 Å². The van der Waals surface area contributed by atoms with Gasteiger partial charge in [-0.2, -0.15) is 0 Å². The predicted molar refractivity (Wildman–Crippen MR) is 167 cm³/mol. The highest BCUT2D eigenvalue weighted by Gasteiger charge is 2.02. The van der Waals surface area contributed by atoms with Crippen LogP contribution in [0, 0.1) is 0 Å². The smallest absolute Gasteiger partial charge is 0.209 e. The molecule has 0 fully saturated rings. The van der Waals surface area contributed by atoms with Gasteiger partial charge in [0, 0.05) is 13.1 Å². The number of amides is 1. The number of rotatable bonds is 33. The zero-order chi connectivity index (χ0) is 26.9. The van der Waals surface area contributed by atoms with E-state index in [0.29, 0.717) is 0 Å². The van der Waals surface area contributed by atoms with Crippen LogP contribution in [-0.2, 0) is 4.79 Å². The lowest BCUT2D eigenvalue weighted by Crippen LogP contribution is -2.24. The summed E-state index contributed by atoms with van der Waals surface area (Å²) in [5.74, 6) is 0. The van der Waals surface area contributed by atoms with E-state index in [2.05, 4.69) is 13.8 Å². The Balaban J connectivity index is 3.26. The molecule has 0 saturated carbocycles. The molecular weight excluding hydrogens is 450 g/mol. The third-order valence-corrected chi connectivity index (χ3v) is 8.25. The van der Waals surface area contributed by atoms with Crippen LogP contribution in [0.5, 0.6) is 0 Å². The molecule has 0 aromatic carbocycles. The lowest BCUT2D eigenvalue weighted by Gasteiger charge is -2.17. The largest absolute Gasteiger partial charge is 0.345 e. The van der Waals surface area contributed by atoms with E-state index in [1.165, 1.54) is 193 Å². The third kappa shape index (κ3) is 31.6. The minimum Gasteiger partial charge on any atom is -0.345 e. The summed E-state index contributed by atoms with van der Waals surface area (Å²) in [7, 11) is 0. The molecule has 0 saturated heterocycles. The molecule has 0 aliphatic rings. The van der Waals surface area contributed by atoms with Crippen LogP contribution < -0.4 is 0 Å². The summed E-state index contributed by atoms with van der Waals surface area (Å²) >= 11 is 0. The lowest BCUT2D eigenvalue weighted by molar-refractivity contribution is -0.118. The number of unbranched alkanes of at least 4 members (excludes halogenated alkanes) is 28. The van der Waals surface area contributed by atoms with Gasteiger partial charge in [0.15, 0.2) is 0 Å². The molecule has 222 valence electrons. The van der Waals surface area contributed by atoms with Gasteiger partial charge in [-0.1, -0.05) is 194 Å². The van der Waals surface area contributed by atoms with Gasteiger partial charge >= 0.3 is 0 Å². The maximum Gasteiger partial charge on any atom is 0.209 e. The van der Waals surface area contributed by atoms with Crippen molar-refractivity contribution >= 4 is 6.41 Å². The van der Waals surface area contributed by atoms with Crippen molar-refractivity contribution in [2.75, 3.05) is 13.1 Å². The minimum absolute atomic E-state index is 0.972. The summed E-state index contributed by atoms with van der Waals surface area (Å²) in [5, 5.41) is 0. The zero-order valence-corrected chi connectivity index (χ0v) is 26.1. The molecule has 0 N–H and O–H groups in total. The van der Waals surface area contributed by atoms with Gasteiger partial charge < -0.3 is 4.90 Å². The van der Waals surface area contributed by atoms with Gasteiger partial charge in [0.25, 0.3) is 0 Å². The highest BCUT2D eigenvalue weighted by molar-refractivity contribution is 5.46. The molecular formula is C35H71NO. The van der Waals surface area contributed by atoms with Crippen LogP contribution in [0.2, 0.25) is 0 Å². The number of carbonyl (C=O) groups is 1. The zero-order valence-electron chi connectivity index (χ0n) is 26.1. The van der Waals surface area contributed by atoms with Crippen LogP contribution in [0.3, 0.4) is 0 Å². The van der Waals surface area contributed by atoms with Gasteiger partial charge in [0.2, 0.25) is 6.41 Å². The average Bonchev–Trinajstić information content (AvgIpc) is 2.91. The predicted octanol–water partition coefficient (Wildman–Crippen LogP) is 12.2. The standard InChI is InChI=1S/C35H71NO/c1-3-5-7-9-11-13-15-17-19-20-22-24-26-28-30-32-34-36(35-37)33-31-29-27-25-23-21-18-16-14-12-10-8-6-4-2/h35H,3-34H2,1-2H3. The Morgan fingerprint density at radius 1 is 0.324 bits per heavy atom. The molecule has 1 amide bonds. The normalized spacial score (nSPS) is 11.3. The Labute approximate surface area is 235 Å². The first-order valence-electron chi connectivity index (χ1n) is 17.5. The third-order valence-electron chi connectivity index (χ3n) is 8.25. The van der Waals surface area contributed by atoms with E-state index in [-0.39, 0.29) is 0 Å². The van der Waals surface area contributed by atoms with Gasteiger partial charge in [-0.25, -0.2) is 0 Å². The van der Waals surface area contributed by atoms with E-state index >= 15 is 0 Å². The molecule has 0 aliphatic heterocycles. The summed E-state index contributed by atoms with van der Waals surface area (Å²) in [4.78, 5) is 13.4. The quantitative estimate of drug-likeness (QED) is 0.0621. The van der Waals surface area contributed by atoms with Crippen LogP contribution in [0.4, 0.5) is 0 Å². The Morgan fingerprint density at radius 2 is 0.514 bits per heavy atom. The molecule has 2 nitrogen and oxygen atoms in total. The minimum atomic E-state index is 0.972. The molecule has 0 radical (unpaired) electrons. The second-order valence-corrected chi connectivity index (χ2v) is 12.0. The number of hydrogen-bond acceptors (Lipinski definition) is 1. The van der Waals surface area contributed by atoms with Crippen molar-refractivity contribution in [1.82, 2.24) is 4.90 Å². The van der Waals surface area contributed by atoms with E-state index in [0.717, 1.165) is 19.5 Å². The highest BCUT2D eigenvalue weighted by Crippen LogP contribution is 2.15.